The van der Waals surface area contributed by atoms with Crippen LogP contribution < -0.4 is 14.8 Å². The molecule has 8 heteroatoms. The van der Waals surface area contributed by atoms with Gasteiger partial charge >= 0.3 is 5.97 Å². The first kappa shape index (κ1) is 20.3. The Morgan fingerprint density at radius 3 is 2.36 bits per heavy atom. The van der Waals surface area contributed by atoms with Crippen LogP contribution in [0.2, 0.25) is 0 Å². The zero-order valence-electron chi connectivity index (χ0n) is 15.0. The quantitative estimate of drug-likeness (QED) is 0.646. The summed E-state index contributed by atoms with van der Waals surface area (Å²) in [5, 5.41) is 2.38. The number of aryl methyl sites for hydroxylation is 1. The van der Waals surface area contributed by atoms with Crippen molar-refractivity contribution in [1.82, 2.24) is 10.2 Å². The average Bonchev–Trinajstić information content (AvgIpc) is 2.61. The largest absolute Gasteiger partial charge is 0.493 e. The summed E-state index contributed by atoms with van der Waals surface area (Å²) in [6.07, 6.45) is 0.569. The van der Waals surface area contributed by atoms with Gasteiger partial charge in [-0.25, -0.2) is 0 Å². The second-order valence-corrected chi connectivity index (χ2v) is 5.41. The van der Waals surface area contributed by atoms with Crippen molar-refractivity contribution in [2.75, 3.05) is 41.5 Å². The monoisotopic (exact) mass is 352 g/mol. The lowest BCUT2D eigenvalue weighted by molar-refractivity contribution is -0.148. The Kier molecular flexibility index (Phi) is 8.25. The Labute approximate surface area is 147 Å². The number of hydrogen-bond acceptors (Lipinski definition) is 6. The summed E-state index contributed by atoms with van der Waals surface area (Å²) >= 11 is 0. The topological polar surface area (TPSA) is 94.2 Å². The minimum absolute atomic E-state index is 0.124. The van der Waals surface area contributed by atoms with Gasteiger partial charge in [0.1, 0.15) is 0 Å². The summed E-state index contributed by atoms with van der Waals surface area (Å²) in [6, 6.07) is 5.37. The van der Waals surface area contributed by atoms with Crippen LogP contribution in [-0.4, -0.2) is 64.2 Å². The first-order valence-electron chi connectivity index (χ1n) is 7.70. The van der Waals surface area contributed by atoms with Crippen molar-refractivity contribution in [3.8, 4) is 11.5 Å². The summed E-state index contributed by atoms with van der Waals surface area (Å²) < 4.78 is 15.2. The third-order valence-corrected chi connectivity index (χ3v) is 3.37. The maximum absolute atomic E-state index is 11.7. The van der Waals surface area contributed by atoms with Gasteiger partial charge in [0.05, 0.1) is 20.8 Å². The lowest BCUT2D eigenvalue weighted by Crippen LogP contribution is -2.38. The van der Waals surface area contributed by atoms with Crippen LogP contribution in [0.3, 0.4) is 0 Å². The molecule has 0 atom stereocenters. The van der Waals surface area contributed by atoms with Gasteiger partial charge in [-0.1, -0.05) is 6.07 Å². The molecule has 1 N–H and O–H groups in total. The molecule has 0 unspecified atom stereocenters. The molecule has 1 aromatic carbocycles. The number of nitrogens with zero attached hydrogens (tertiary/aromatic N) is 1. The van der Waals surface area contributed by atoms with Crippen molar-refractivity contribution in [2.45, 2.75) is 12.8 Å². The molecule has 0 aromatic heterocycles. The van der Waals surface area contributed by atoms with E-state index in [9.17, 15) is 14.4 Å². The van der Waals surface area contributed by atoms with Gasteiger partial charge in [-0.05, 0) is 24.1 Å². The van der Waals surface area contributed by atoms with E-state index in [0.29, 0.717) is 17.9 Å². The average molecular weight is 352 g/mol. The molecule has 138 valence electrons. The molecule has 1 rings (SSSR count). The first-order chi connectivity index (χ1) is 11.9. The summed E-state index contributed by atoms with van der Waals surface area (Å²) in [5.74, 6) is -0.0669. The van der Waals surface area contributed by atoms with Gasteiger partial charge in [0.2, 0.25) is 5.91 Å². The SMILES string of the molecule is COc1ccc(CCC(=O)OCC(=O)NCC(=O)N(C)C)cc1OC. The number of carbonyl (C=O) groups is 3. The zero-order chi connectivity index (χ0) is 18.8. The Hall–Kier alpha value is -2.77. The van der Waals surface area contributed by atoms with E-state index >= 15 is 0 Å². The van der Waals surface area contributed by atoms with Gasteiger partial charge in [-0.2, -0.15) is 0 Å². The fraction of sp³-hybridized carbons (Fsp3) is 0.471. The Bertz CT molecular complexity index is 615. The van der Waals surface area contributed by atoms with Crippen molar-refractivity contribution in [3.63, 3.8) is 0 Å². The first-order valence-corrected chi connectivity index (χ1v) is 7.70. The third kappa shape index (κ3) is 7.11. The standard InChI is InChI=1S/C17H24N2O6/c1-19(2)16(21)10-18-15(20)11-25-17(22)8-6-12-5-7-13(23-3)14(9-12)24-4/h5,7,9H,6,8,10-11H2,1-4H3,(H,18,20). The lowest BCUT2D eigenvalue weighted by atomic mass is 10.1. The van der Waals surface area contributed by atoms with Crippen molar-refractivity contribution in [2.24, 2.45) is 0 Å². The Morgan fingerprint density at radius 2 is 1.76 bits per heavy atom. The molecule has 0 saturated heterocycles. The zero-order valence-corrected chi connectivity index (χ0v) is 15.0. The van der Waals surface area contributed by atoms with E-state index in [1.807, 2.05) is 6.07 Å². The fourth-order valence-electron chi connectivity index (χ4n) is 1.88. The molecule has 0 aliphatic heterocycles. The van der Waals surface area contributed by atoms with E-state index in [-0.39, 0.29) is 18.9 Å². The number of methoxy groups -OCH3 is 2. The van der Waals surface area contributed by atoms with E-state index in [1.54, 1.807) is 33.3 Å². The highest BCUT2D eigenvalue weighted by Crippen LogP contribution is 2.27. The minimum atomic E-state index is -0.519. The Morgan fingerprint density at radius 1 is 1.08 bits per heavy atom. The summed E-state index contributed by atoms with van der Waals surface area (Å²) in [4.78, 5) is 35.9. The molecule has 0 heterocycles. The van der Waals surface area contributed by atoms with Crippen LogP contribution in [0.4, 0.5) is 0 Å². The van der Waals surface area contributed by atoms with Crippen LogP contribution in [0.15, 0.2) is 18.2 Å². The van der Waals surface area contributed by atoms with Crippen LogP contribution >= 0.6 is 0 Å². The van der Waals surface area contributed by atoms with Crippen molar-refractivity contribution >= 4 is 17.8 Å². The second kappa shape index (κ2) is 10.2. The molecule has 1 aromatic rings. The molecular formula is C17H24N2O6. The summed E-state index contributed by atoms with van der Waals surface area (Å²) in [5.41, 5.74) is 0.885. The number of esters is 1. The number of likely N-dealkylation sites (N-methyl/N-ethyl adjacent to an activating group) is 1. The van der Waals surface area contributed by atoms with Crippen LogP contribution in [0.1, 0.15) is 12.0 Å². The summed E-state index contributed by atoms with van der Waals surface area (Å²) in [6.45, 7) is -0.541. The molecule has 2 amide bonds. The molecule has 0 aliphatic rings. The van der Waals surface area contributed by atoms with Crippen LogP contribution in [0.5, 0.6) is 11.5 Å². The maximum atomic E-state index is 11.7. The minimum Gasteiger partial charge on any atom is -0.493 e. The van der Waals surface area contributed by atoms with Crippen molar-refractivity contribution in [1.29, 1.82) is 0 Å². The van der Waals surface area contributed by atoms with Crippen LogP contribution in [0, 0.1) is 0 Å². The van der Waals surface area contributed by atoms with E-state index < -0.39 is 18.5 Å². The highest BCUT2D eigenvalue weighted by Gasteiger charge is 2.11. The number of amides is 2. The molecule has 25 heavy (non-hydrogen) atoms. The predicted molar refractivity (Wildman–Crippen MR) is 90.5 cm³/mol. The van der Waals surface area contributed by atoms with Crippen molar-refractivity contribution in [3.05, 3.63) is 23.8 Å². The van der Waals surface area contributed by atoms with Gasteiger partial charge in [0, 0.05) is 20.5 Å². The smallest absolute Gasteiger partial charge is 0.306 e. The van der Waals surface area contributed by atoms with Gasteiger partial charge < -0.3 is 24.4 Å². The van der Waals surface area contributed by atoms with Crippen LogP contribution in [-0.2, 0) is 25.5 Å². The molecule has 0 aliphatic carbocycles. The third-order valence-electron chi connectivity index (χ3n) is 3.37. The Balaban J connectivity index is 2.35. The molecule has 8 nitrogen and oxygen atoms in total. The predicted octanol–water partition coefficient (Wildman–Crippen LogP) is 0.384. The van der Waals surface area contributed by atoms with Crippen molar-refractivity contribution < 1.29 is 28.6 Å². The molecule has 0 radical (unpaired) electrons. The molecule has 0 fully saturated rings. The van der Waals surface area contributed by atoms with Gasteiger partial charge in [0.25, 0.3) is 5.91 Å². The maximum Gasteiger partial charge on any atom is 0.306 e. The van der Waals surface area contributed by atoms with Gasteiger partial charge in [-0.15, -0.1) is 0 Å². The second-order valence-electron chi connectivity index (χ2n) is 5.41. The number of ether oxygens (including phenoxy) is 3. The number of nitrogens with one attached hydrogen (secondary N) is 1. The fourth-order valence-corrected chi connectivity index (χ4v) is 1.88. The molecular weight excluding hydrogens is 328 g/mol. The van der Waals surface area contributed by atoms with E-state index in [0.717, 1.165) is 5.56 Å². The van der Waals surface area contributed by atoms with E-state index in [2.05, 4.69) is 5.32 Å². The highest BCUT2D eigenvalue weighted by molar-refractivity contribution is 5.86. The summed E-state index contributed by atoms with van der Waals surface area (Å²) in [7, 11) is 6.26. The van der Waals surface area contributed by atoms with Gasteiger partial charge in [0.15, 0.2) is 18.1 Å². The number of hydrogen-bond donors (Lipinski definition) is 1. The van der Waals surface area contributed by atoms with E-state index in [1.165, 1.54) is 12.0 Å². The van der Waals surface area contributed by atoms with E-state index in [4.69, 9.17) is 14.2 Å². The molecule has 0 saturated carbocycles. The normalized spacial score (nSPS) is 9.92. The number of carbonyl (C=O) groups excluding carboxylic acids is 3. The molecule has 0 spiro atoms. The lowest BCUT2D eigenvalue weighted by Gasteiger charge is -2.11. The number of rotatable bonds is 9. The number of benzene rings is 1. The van der Waals surface area contributed by atoms with Gasteiger partial charge in [-0.3, -0.25) is 14.4 Å². The molecule has 0 bridgehead atoms. The highest BCUT2D eigenvalue weighted by atomic mass is 16.5. The van der Waals surface area contributed by atoms with Crippen LogP contribution in [0.25, 0.3) is 0 Å².